The van der Waals surface area contributed by atoms with Gasteiger partial charge in [-0.2, -0.15) is 0 Å². The second-order valence-electron chi connectivity index (χ2n) is 4.20. The molecule has 1 aromatic heterocycles. The van der Waals surface area contributed by atoms with E-state index < -0.39 is 0 Å². The lowest BCUT2D eigenvalue weighted by molar-refractivity contribution is -0.127. The van der Waals surface area contributed by atoms with Crippen molar-refractivity contribution in [2.45, 2.75) is 19.8 Å². The molecular weight excluding hydrogens is 224 g/mol. The van der Waals surface area contributed by atoms with Crippen LogP contribution in [0.1, 0.15) is 17.1 Å². The number of carbonyl (C=O) groups is 1. The van der Waals surface area contributed by atoms with Crippen molar-refractivity contribution in [3.63, 3.8) is 0 Å². The fourth-order valence-electron chi connectivity index (χ4n) is 1.96. The number of rotatable bonds is 4. The van der Waals surface area contributed by atoms with Gasteiger partial charge in [0.1, 0.15) is 0 Å². The Morgan fingerprint density at radius 1 is 1.69 bits per heavy atom. The number of likely N-dealkylation sites (tertiary alicyclic amines) is 1. The van der Waals surface area contributed by atoms with E-state index in [9.17, 15) is 4.79 Å². The fourth-order valence-corrected chi connectivity index (χ4v) is 2.61. The minimum absolute atomic E-state index is 0.109. The van der Waals surface area contributed by atoms with Gasteiger partial charge in [0.2, 0.25) is 5.91 Å². The Morgan fingerprint density at radius 3 is 3.06 bits per heavy atom. The summed E-state index contributed by atoms with van der Waals surface area (Å²) in [6.45, 7) is 3.51. The maximum absolute atomic E-state index is 11.6. The summed E-state index contributed by atoms with van der Waals surface area (Å²) in [6, 6.07) is 0. The number of hydrogen-bond acceptors (Lipinski definition) is 4. The zero-order valence-corrected chi connectivity index (χ0v) is 10.2. The molecule has 1 N–H and O–H groups in total. The van der Waals surface area contributed by atoms with Crippen molar-refractivity contribution in [3.05, 3.63) is 16.1 Å². The SMILES string of the molecule is Cc1nc(CCN2CC(CO)CC2=O)cs1. The highest BCUT2D eigenvalue weighted by molar-refractivity contribution is 7.09. The Kier molecular flexibility index (Phi) is 3.56. The van der Waals surface area contributed by atoms with Crippen molar-refractivity contribution in [2.24, 2.45) is 5.92 Å². The molecule has 0 saturated carbocycles. The molecule has 0 aromatic carbocycles. The molecule has 88 valence electrons. The molecule has 1 fully saturated rings. The minimum Gasteiger partial charge on any atom is -0.396 e. The highest BCUT2D eigenvalue weighted by Crippen LogP contribution is 2.17. The molecular formula is C11H16N2O2S. The van der Waals surface area contributed by atoms with Crippen LogP contribution in [0.3, 0.4) is 0 Å². The predicted molar refractivity (Wildman–Crippen MR) is 62.3 cm³/mol. The number of carbonyl (C=O) groups excluding carboxylic acids is 1. The molecule has 1 aliphatic rings. The molecule has 0 bridgehead atoms. The largest absolute Gasteiger partial charge is 0.396 e. The molecule has 2 rings (SSSR count). The van der Waals surface area contributed by atoms with E-state index in [1.165, 1.54) is 0 Å². The van der Waals surface area contributed by atoms with E-state index in [1.54, 1.807) is 11.3 Å². The van der Waals surface area contributed by atoms with Crippen LogP contribution in [-0.2, 0) is 11.2 Å². The molecule has 0 aliphatic carbocycles. The first-order valence-electron chi connectivity index (χ1n) is 5.48. The van der Waals surface area contributed by atoms with E-state index in [4.69, 9.17) is 5.11 Å². The number of hydrogen-bond donors (Lipinski definition) is 1. The van der Waals surface area contributed by atoms with Gasteiger partial charge in [-0.05, 0) is 6.92 Å². The molecule has 1 unspecified atom stereocenters. The van der Waals surface area contributed by atoms with Crippen LogP contribution in [-0.4, -0.2) is 40.6 Å². The van der Waals surface area contributed by atoms with Crippen molar-refractivity contribution >= 4 is 17.2 Å². The van der Waals surface area contributed by atoms with Gasteiger partial charge in [0.05, 0.1) is 10.7 Å². The lowest BCUT2D eigenvalue weighted by Gasteiger charge is -2.15. The Morgan fingerprint density at radius 2 is 2.50 bits per heavy atom. The fraction of sp³-hybridized carbons (Fsp3) is 0.636. The third kappa shape index (κ3) is 2.59. The van der Waals surface area contributed by atoms with Crippen LogP contribution in [0.25, 0.3) is 0 Å². The van der Waals surface area contributed by atoms with Gasteiger partial charge in [-0.3, -0.25) is 4.79 Å². The van der Waals surface area contributed by atoms with Gasteiger partial charge in [-0.15, -0.1) is 11.3 Å². The van der Waals surface area contributed by atoms with Gasteiger partial charge in [0, 0.05) is 43.8 Å². The maximum atomic E-state index is 11.6. The zero-order valence-electron chi connectivity index (χ0n) is 9.35. The van der Waals surface area contributed by atoms with E-state index >= 15 is 0 Å². The lowest BCUT2D eigenvalue weighted by atomic mass is 10.1. The summed E-state index contributed by atoms with van der Waals surface area (Å²) < 4.78 is 0. The Labute approximate surface area is 98.9 Å². The smallest absolute Gasteiger partial charge is 0.223 e. The molecule has 5 heteroatoms. The number of thiazole rings is 1. The number of aliphatic hydroxyl groups is 1. The molecule has 2 heterocycles. The van der Waals surface area contributed by atoms with Crippen LogP contribution in [0.15, 0.2) is 5.38 Å². The van der Waals surface area contributed by atoms with Crippen LogP contribution in [0.4, 0.5) is 0 Å². The van der Waals surface area contributed by atoms with Crippen LogP contribution >= 0.6 is 11.3 Å². The van der Waals surface area contributed by atoms with Gasteiger partial charge in [-0.1, -0.05) is 0 Å². The molecule has 0 spiro atoms. The number of nitrogens with zero attached hydrogens (tertiary/aromatic N) is 2. The summed E-state index contributed by atoms with van der Waals surface area (Å²) in [6.07, 6.45) is 1.31. The van der Waals surface area contributed by atoms with Crippen molar-refractivity contribution in [1.29, 1.82) is 0 Å². The van der Waals surface area contributed by atoms with Gasteiger partial charge >= 0.3 is 0 Å². The molecule has 1 saturated heterocycles. The maximum Gasteiger partial charge on any atom is 0.223 e. The van der Waals surface area contributed by atoms with Crippen molar-refractivity contribution in [1.82, 2.24) is 9.88 Å². The summed E-state index contributed by atoms with van der Waals surface area (Å²) in [7, 11) is 0. The standard InChI is InChI=1S/C11H16N2O2S/c1-8-12-10(7-16-8)2-3-13-5-9(6-14)4-11(13)15/h7,9,14H,2-6H2,1H3. The Bertz CT molecular complexity index is 378. The molecule has 1 aliphatic heterocycles. The molecule has 1 aromatic rings. The lowest BCUT2D eigenvalue weighted by Crippen LogP contribution is -2.27. The second kappa shape index (κ2) is 4.93. The van der Waals surface area contributed by atoms with Crippen LogP contribution in [0.2, 0.25) is 0 Å². The minimum atomic E-state index is 0.109. The van der Waals surface area contributed by atoms with Crippen molar-refractivity contribution in [2.75, 3.05) is 19.7 Å². The summed E-state index contributed by atoms with van der Waals surface area (Å²) in [5, 5.41) is 12.1. The van der Waals surface area contributed by atoms with E-state index in [1.807, 2.05) is 17.2 Å². The van der Waals surface area contributed by atoms with E-state index in [0.29, 0.717) is 13.0 Å². The van der Waals surface area contributed by atoms with E-state index in [-0.39, 0.29) is 18.4 Å². The molecule has 1 amide bonds. The van der Waals surface area contributed by atoms with Crippen LogP contribution in [0, 0.1) is 12.8 Å². The summed E-state index contributed by atoms with van der Waals surface area (Å²) >= 11 is 1.64. The molecule has 0 radical (unpaired) electrons. The number of aromatic nitrogens is 1. The van der Waals surface area contributed by atoms with E-state index in [2.05, 4.69) is 4.98 Å². The predicted octanol–water partition coefficient (Wildman–Crippen LogP) is 0.835. The summed E-state index contributed by atoms with van der Waals surface area (Å²) in [5.41, 5.74) is 1.06. The van der Waals surface area contributed by atoms with Crippen LogP contribution < -0.4 is 0 Å². The molecule has 1 atom stereocenters. The summed E-state index contributed by atoms with van der Waals surface area (Å²) in [5.74, 6) is 0.288. The first kappa shape index (κ1) is 11.5. The van der Waals surface area contributed by atoms with Gasteiger partial charge in [0.25, 0.3) is 0 Å². The number of aryl methyl sites for hydroxylation is 1. The monoisotopic (exact) mass is 240 g/mol. The highest BCUT2D eigenvalue weighted by atomic mass is 32.1. The number of amides is 1. The third-order valence-electron chi connectivity index (χ3n) is 2.86. The average Bonchev–Trinajstić information content (AvgIpc) is 2.82. The second-order valence-corrected chi connectivity index (χ2v) is 5.26. The van der Waals surface area contributed by atoms with Gasteiger partial charge in [-0.25, -0.2) is 4.98 Å². The topological polar surface area (TPSA) is 53.4 Å². The van der Waals surface area contributed by atoms with Crippen molar-refractivity contribution < 1.29 is 9.90 Å². The zero-order chi connectivity index (χ0) is 11.5. The van der Waals surface area contributed by atoms with Gasteiger partial charge < -0.3 is 10.0 Å². The molecule has 4 nitrogen and oxygen atoms in total. The normalized spacial score (nSPS) is 20.8. The summed E-state index contributed by atoms with van der Waals surface area (Å²) in [4.78, 5) is 17.8. The Hall–Kier alpha value is -0.940. The van der Waals surface area contributed by atoms with Crippen molar-refractivity contribution in [3.8, 4) is 0 Å². The quantitative estimate of drug-likeness (QED) is 0.848. The van der Waals surface area contributed by atoms with Crippen LogP contribution in [0.5, 0.6) is 0 Å². The first-order valence-corrected chi connectivity index (χ1v) is 6.36. The Balaban J connectivity index is 1.84. The number of aliphatic hydroxyl groups excluding tert-OH is 1. The highest BCUT2D eigenvalue weighted by Gasteiger charge is 2.28. The van der Waals surface area contributed by atoms with E-state index in [0.717, 1.165) is 23.7 Å². The third-order valence-corrected chi connectivity index (χ3v) is 3.68. The average molecular weight is 240 g/mol. The van der Waals surface area contributed by atoms with Gasteiger partial charge in [0.15, 0.2) is 0 Å². The first-order chi connectivity index (χ1) is 7.69. The molecule has 16 heavy (non-hydrogen) atoms.